The van der Waals surface area contributed by atoms with Gasteiger partial charge in [-0.3, -0.25) is 9.59 Å². The molecule has 1 aromatic rings. The fourth-order valence-corrected chi connectivity index (χ4v) is 2.17. The summed E-state index contributed by atoms with van der Waals surface area (Å²) < 4.78 is 0.958. The van der Waals surface area contributed by atoms with Crippen LogP contribution in [0.4, 0.5) is 0 Å². The van der Waals surface area contributed by atoms with Gasteiger partial charge in [-0.05, 0) is 11.6 Å². The minimum absolute atomic E-state index is 0.422. The quantitative estimate of drug-likeness (QED) is 0.771. The highest BCUT2D eigenvalue weighted by Gasteiger charge is 2.30. The van der Waals surface area contributed by atoms with Gasteiger partial charge in [-0.15, -0.1) is 0 Å². The summed E-state index contributed by atoms with van der Waals surface area (Å²) in [6, 6.07) is 7.71. The molecule has 0 bridgehead atoms. The lowest BCUT2D eigenvalue weighted by atomic mass is 10.2. The molecule has 2 amide bonds. The first-order valence-corrected chi connectivity index (χ1v) is 6.16. The number of carbonyl (C=O) groups excluding carboxylic acids is 2. The Morgan fingerprint density at radius 2 is 1.88 bits per heavy atom. The van der Waals surface area contributed by atoms with Gasteiger partial charge in [0, 0.05) is 31.2 Å². The maximum atomic E-state index is 11.8. The molecule has 0 saturated carbocycles. The van der Waals surface area contributed by atoms with Gasteiger partial charge in [0.15, 0.2) is 0 Å². The van der Waals surface area contributed by atoms with Gasteiger partial charge in [-0.1, -0.05) is 34.1 Å². The summed E-state index contributed by atoms with van der Waals surface area (Å²) in [7, 11) is 1.65. The van der Waals surface area contributed by atoms with E-state index in [4.69, 9.17) is 0 Å². The molecule has 0 spiro atoms. The van der Waals surface area contributed by atoms with Crippen LogP contribution in [0.1, 0.15) is 5.56 Å². The molecule has 1 aliphatic rings. The maximum absolute atomic E-state index is 11.8. The highest BCUT2D eigenvalue weighted by molar-refractivity contribution is 9.10. The van der Waals surface area contributed by atoms with Crippen molar-refractivity contribution in [3.63, 3.8) is 0 Å². The second-order valence-electron chi connectivity index (χ2n) is 4.04. The summed E-state index contributed by atoms with van der Waals surface area (Å²) >= 11 is 3.44. The summed E-state index contributed by atoms with van der Waals surface area (Å²) in [5, 5.41) is 0. The second-order valence-corrected chi connectivity index (χ2v) is 4.90. The minimum Gasteiger partial charge on any atom is -0.336 e. The van der Waals surface area contributed by atoms with Gasteiger partial charge in [0.1, 0.15) is 0 Å². The molecule has 0 atom stereocenters. The first-order valence-electron chi connectivity index (χ1n) is 5.37. The third kappa shape index (κ3) is 2.49. The highest BCUT2D eigenvalue weighted by atomic mass is 79.9. The minimum atomic E-state index is -0.427. The van der Waals surface area contributed by atoms with Crippen LogP contribution in [0.5, 0.6) is 0 Å². The molecule has 5 heteroatoms. The predicted molar refractivity (Wildman–Crippen MR) is 67.2 cm³/mol. The zero-order valence-corrected chi connectivity index (χ0v) is 11.1. The predicted octanol–water partition coefficient (Wildman–Crippen LogP) is 1.25. The van der Waals surface area contributed by atoms with Crippen molar-refractivity contribution in [1.29, 1.82) is 0 Å². The van der Waals surface area contributed by atoms with Crippen molar-refractivity contribution in [2.24, 2.45) is 0 Å². The Morgan fingerprint density at radius 3 is 2.59 bits per heavy atom. The SMILES string of the molecule is CN1CCN(Cc2ccccc2Br)C(=O)C1=O. The molecule has 1 aliphatic heterocycles. The van der Waals surface area contributed by atoms with Gasteiger partial charge < -0.3 is 9.80 Å². The highest BCUT2D eigenvalue weighted by Crippen LogP contribution is 2.18. The van der Waals surface area contributed by atoms with E-state index in [1.54, 1.807) is 11.9 Å². The van der Waals surface area contributed by atoms with Crippen LogP contribution in [0.25, 0.3) is 0 Å². The first-order chi connectivity index (χ1) is 8.09. The zero-order valence-electron chi connectivity index (χ0n) is 9.52. The van der Waals surface area contributed by atoms with E-state index < -0.39 is 11.8 Å². The number of carbonyl (C=O) groups is 2. The molecule has 0 unspecified atom stereocenters. The molecule has 1 fully saturated rings. The lowest BCUT2D eigenvalue weighted by Gasteiger charge is -2.31. The van der Waals surface area contributed by atoms with Crippen LogP contribution in [0.15, 0.2) is 28.7 Å². The number of rotatable bonds is 2. The fourth-order valence-electron chi connectivity index (χ4n) is 1.76. The van der Waals surface area contributed by atoms with Crippen LogP contribution in [0.2, 0.25) is 0 Å². The van der Waals surface area contributed by atoms with Gasteiger partial charge in [0.05, 0.1) is 0 Å². The molecule has 2 rings (SSSR count). The molecule has 0 radical (unpaired) electrons. The maximum Gasteiger partial charge on any atom is 0.312 e. The molecule has 0 aliphatic carbocycles. The van der Waals surface area contributed by atoms with Crippen molar-refractivity contribution < 1.29 is 9.59 Å². The van der Waals surface area contributed by atoms with Crippen molar-refractivity contribution in [1.82, 2.24) is 9.80 Å². The number of halogens is 1. The Balaban J connectivity index is 2.12. The smallest absolute Gasteiger partial charge is 0.312 e. The molecule has 90 valence electrons. The molecule has 0 N–H and O–H groups in total. The molecular formula is C12H13BrN2O2. The van der Waals surface area contributed by atoms with Gasteiger partial charge in [-0.2, -0.15) is 0 Å². The summed E-state index contributed by atoms with van der Waals surface area (Å²) in [4.78, 5) is 26.3. The van der Waals surface area contributed by atoms with E-state index in [1.807, 2.05) is 24.3 Å². The number of likely N-dealkylation sites (N-methyl/N-ethyl adjacent to an activating group) is 1. The topological polar surface area (TPSA) is 40.6 Å². The van der Waals surface area contributed by atoms with E-state index in [-0.39, 0.29) is 0 Å². The van der Waals surface area contributed by atoms with Crippen molar-refractivity contribution in [3.05, 3.63) is 34.3 Å². The fraction of sp³-hybridized carbons (Fsp3) is 0.333. The van der Waals surface area contributed by atoms with Crippen molar-refractivity contribution in [2.45, 2.75) is 6.54 Å². The van der Waals surface area contributed by atoms with Crippen LogP contribution in [-0.4, -0.2) is 41.8 Å². The second kappa shape index (κ2) is 4.87. The number of benzene rings is 1. The number of amides is 2. The average Bonchev–Trinajstić information content (AvgIpc) is 2.32. The summed E-state index contributed by atoms with van der Waals surface area (Å²) in [6.45, 7) is 1.65. The summed E-state index contributed by atoms with van der Waals surface area (Å²) in [5.41, 5.74) is 1.01. The lowest BCUT2D eigenvalue weighted by molar-refractivity contribution is -0.155. The van der Waals surface area contributed by atoms with E-state index in [9.17, 15) is 9.59 Å². The molecule has 1 heterocycles. The lowest BCUT2D eigenvalue weighted by Crippen LogP contribution is -2.52. The number of piperazine rings is 1. The van der Waals surface area contributed by atoms with Crippen molar-refractivity contribution in [2.75, 3.05) is 20.1 Å². The Labute approximate surface area is 108 Å². The zero-order chi connectivity index (χ0) is 12.4. The molecule has 4 nitrogen and oxygen atoms in total. The standard InChI is InChI=1S/C12H13BrN2O2/c1-14-6-7-15(12(17)11(14)16)8-9-4-2-3-5-10(9)13/h2-5H,6-8H2,1H3. The van der Waals surface area contributed by atoms with E-state index >= 15 is 0 Å². The van der Waals surface area contributed by atoms with Gasteiger partial charge in [-0.25, -0.2) is 0 Å². The monoisotopic (exact) mass is 296 g/mol. The largest absolute Gasteiger partial charge is 0.336 e. The van der Waals surface area contributed by atoms with Gasteiger partial charge in [0.2, 0.25) is 0 Å². The first kappa shape index (κ1) is 12.1. The Bertz CT molecular complexity index is 462. The third-order valence-electron chi connectivity index (χ3n) is 2.84. The molecule has 0 aromatic heterocycles. The third-order valence-corrected chi connectivity index (χ3v) is 3.61. The van der Waals surface area contributed by atoms with E-state index in [0.29, 0.717) is 19.6 Å². The number of hydrogen-bond donors (Lipinski definition) is 0. The molecule has 17 heavy (non-hydrogen) atoms. The van der Waals surface area contributed by atoms with E-state index in [2.05, 4.69) is 15.9 Å². The van der Waals surface area contributed by atoms with Gasteiger partial charge >= 0.3 is 11.8 Å². The van der Waals surface area contributed by atoms with Crippen LogP contribution in [-0.2, 0) is 16.1 Å². The molecule has 1 saturated heterocycles. The number of hydrogen-bond acceptors (Lipinski definition) is 2. The average molecular weight is 297 g/mol. The van der Waals surface area contributed by atoms with Crippen LogP contribution in [0.3, 0.4) is 0 Å². The summed E-state index contributed by atoms with van der Waals surface area (Å²) in [6.07, 6.45) is 0. The van der Waals surface area contributed by atoms with Crippen molar-refractivity contribution in [3.8, 4) is 0 Å². The van der Waals surface area contributed by atoms with Crippen LogP contribution in [0, 0.1) is 0 Å². The Kier molecular flexibility index (Phi) is 3.47. The molecule has 1 aromatic carbocycles. The number of nitrogens with zero attached hydrogens (tertiary/aromatic N) is 2. The van der Waals surface area contributed by atoms with Crippen molar-refractivity contribution >= 4 is 27.7 Å². The Hall–Kier alpha value is -1.36. The normalized spacial score (nSPS) is 16.6. The Morgan fingerprint density at radius 1 is 1.18 bits per heavy atom. The van der Waals surface area contributed by atoms with Gasteiger partial charge in [0.25, 0.3) is 0 Å². The molecular weight excluding hydrogens is 284 g/mol. The van der Waals surface area contributed by atoms with Crippen LogP contribution >= 0.6 is 15.9 Å². The van der Waals surface area contributed by atoms with Crippen LogP contribution < -0.4 is 0 Å². The summed E-state index contributed by atoms with van der Waals surface area (Å²) in [5.74, 6) is -0.849. The van der Waals surface area contributed by atoms with E-state index in [0.717, 1.165) is 10.0 Å². The van der Waals surface area contributed by atoms with E-state index in [1.165, 1.54) is 4.90 Å².